The van der Waals surface area contributed by atoms with E-state index in [1.54, 1.807) is 34.6 Å². The summed E-state index contributed by atoms with van der Waals surface area (Å²) in [6.07, 6.45) is -2.42. The summed E-state index contributed by atoms with van der Waals surface area (Å²) in [6, 6.07) is -0.370. The normalized spacial score (nSPS) is 14.5. The average molecular weight is 575 g/mol. The minimum absolute atomic E-state index is 0.0897. The second-order valence-electron chi connectivity index (χ2n) is 10.2. The molecule has 2 aromatic heterocycles. The van der Waals surface area contributed by atoms with Crippen LogP contribution < -0.4 is 16.7 Å². The Morgan fingerprint density at radius 1 is 1.21 bits per heavy atom. The van der Waals surface area contributed by atoms with Crippen LogP contribution in [0.4, 0.5) is 18.0 Å². The number of ether oxygens (including phenoxy) is 2. The molecule has 0 saturated heterocycles. The molecule has 0 atom stereocenters. The second-order valence-corrected chi connectivity index (χ2v) is 11.3. The van der Waals surface area contributed by atoms with Gasteiger partial charge in [0.25, 0.3) is 11.5 Å². The van der Waals surface area contributed by atoms with Crippen LogP contribution in [0.15, 0.2) is 21.9 Å². The maximum atomic E-state index is 13.4. The molecule has 216 valence electrons. The fourth-order valence-electron chi connectivity index (χ4n) is 3.98. The molecule has 0 radical (unpaired) electrons. The molecule has 39 heavy (non-hydrogen) atoms. The molecule has 10 nitrogen and oxygen atoms in total. The number of carbonyl (C=O) groups is 2. The fourth-order valence-corrected chi connectivity index (χ4v) is 5.29. The van der Waals surface area contributed by atoms with Crippen molar-refractivity contribution in [1.82, 2.24) is 19.6 Å². The van der Waals surface area contributed by atoms with E-state index in [4.69, 9.17) is 9.47 Å². The van der Waals surface area contributed by atoms with Gasteiger partial charge in [0.15, 0.2) is 0 Å². The van der Waals surface area contributed by atoms with E-state index in [1.807, 2.05) is 0 Å². The van der Waals surface area contributed by atoms with Crippen molar-refractivity contribution >= 4 is 33.6 Å². The Morgan fingerprint density at radius 2 is 1.87 bits per heavy atom. The SMILES string of the molecule is CCOC=CC(=O)N(Cc1sc2c(c1C)c(=O)n(C1CCC1)c(=O)n2CCC(F)(F)F)NC(=O)OC(C)(C)C. The number of fused-ring (bicyclic) bond motifs is 1. The van der Waals surface area contributed by atoms with Gasteiger partial charge in [0.05, 0.1) is 31.2 Å². The van der Waals surface area contributed by atoms with E-state index >= 15 is 0 Å². The standard InChI is InChI=1S/C25H33F3N4O6S/c1-6-37-13-10-18(33)31(29-22(35)38-24(3,4)5)14-17-15(2)19-20(34)32(16-8-7-9-16)23(36)30(21(19)39-17)12-11-25(26,27)28/h10,13,16H,6-9,11-12,14H2,1-5H3,(H,29,35). The molecule has 0 bridgehead atoms. The van der Waals surface area contributed by atoms with Gasteiger partial charge in [-0.25, -0.2) is 20.0 Å². The van der Waals surface area contributed by atoms with Crippen LogP contribution in [-0.2, 0) is 27.4 Å². The predicted molar refractivity (Wildman–Crippen MR) is 139 cm³/mol. The minimum Gasteiger partial charge on any atom is -0.501 e. The molecule has 0 unspecified atom stereocenters. The Kier molecular flexibility index (Phi) is 9.19. The maximum absolute atomic E-state index is 13.4. The summed E-state index contributed by atoms with van der Waals surface area (Å²) < 4.78 is 51.7. The number of nitrogens with one attached hydrogen (secondary N) is 1. The molecule has 2 aromatic rings. The zero-order chi connectivity index (χ0) is 29.1. The molecular formula is C25H33F3N4O6S. The van der Waals surface area contributed by atoms with Crippen LogP contribution in [-0.4, -0.2) is 44.5 Å². The molecular weight excluding hydrogens is 541 g/mol. The largest absolute Gasteiger partial charge is 0.501 e. The lowest BCUT2D eigenvalue weighted by Gasteiger charge is -2.27. The lowest BCUT2D eigenvalue weighted by atomic mass is 9.93. The fraction of sp³-hybridized carbons (Fsp3) is 0.600. The summed E-state index contributed by atoms with van der Waals surface area (Å²) in [5, 5.41) is 1.07. The third-order valence-electron chi connectivity index (χ3n) is 6.07. The number of amides is 2. The van der Waals surface area contributed by atoms with Gasteiger partial charge in [-0.1, -0.05) is 0 Å². The highest BCUT2D eigenvalue weighted by molar-refractivity contribution is 7.18. The Bertz CT molecular complexity index is 1370. The number of halogens is 3. The van der Waals surface area contributed by atoms with Gasteiger partial charge in [-0.3, -0.25) is 18.7 Å². The molecule has 1 N–H and O–H groups in total. The van der Waals surface area contributed by atoms with Gasteiger partial charge in [0.2, 0.25) is 0 Å². The highest BCUT2D eigenvalue weighted by Gasteiger charge is 2.31. The molecule has 0 aromatic carbocycles. The summed E-state index contributed by atoms with van der Waals surface area (Å²) in [5.74, 6) is -0.674. The number of thiophene rings is 1. The lowest BCUT2D eigenvalue weighted by Crippen LogP contribution is -2.47. The smallest absolute Gasteiger partial charge is 0.426 e. The maximum Gasteiger partial charge on any atom is 0.426 e. The summed E-state index contributed by atoms with van der Waals surface area (Å²) in [6.45, 7) is 7.69. The van der Waals surface area contributed by atoms with Gasteiger partial charge in [-0.2, -0.15) is 13.2 Å². The molecule has 0 spiro atoms. The Labute approximate surface area is 227 Å². The summed E-state index contributed by atoms with van der Waals surface area (Å²) in [7, 11) is 0. The number of aromatic nitrogens is 2. The van der Waals surface area contributed by atoms with Crippen LogP contribution in [0.3, 0.4) is 0 Å². The number of hydrazine groups is 1. The summed E-state index contributed by atoms with van der Waals surface area (Å²) in [5.41, 5.74) is 0.576. The molecule has 3 rings (SSSR count). The first-order valence-corrected chi connectivity index (χ1v) is 13.4. The topological polar surface area (TPSA) is 112 Å². The van der Waals surface area contributed by atoms with Crippen molar-refractivity contribution in [2.45, 2.75) is 91.2 Å². The Hall–Kier alpha value is -3.29. The number of hydrogen-bond acceptors (Lipinski definition) is 7. The van der Waals surface area contributed by atoms with E-state index in [0.29, 0.717) is 29.9 Å². The summed E-state index contributed by atoms with van der Waals surface area (Å²) in [4.78, 5) is 52.5. The van der Waals surface area contributed by atoms with Crippen molar-refractivity contribution in [2.75, 3.05) is 6.61 Å². The van der Waals surface area contributed by atoms with Gasteiger partial charge in [-0.05, 0) is 59.4 Å². The molecule has 14 heteroatoms. The first-order chi connectivity index (χ1) is 18.1. The quantitative estimate of drug-likeness (QED) is 0.282. The number of hydrogen-bond donors (Lipinski definition) is 1. The number of rotatable bonds is 8. The Balaban J connectivity index is 2.09. The van der Waals surface area contributed by atoms with E-state index in [1.165, 1.54) is 0 Å². The van der Waals surface area contributed by atoms with Gasteiger partial charge < -0.3 is 9.47 Å². The van der Waals surface area contributed by atoms with Crippen molar-refractivity contribution in [3.8, 4) is 0 Å². The van der Waals surface area contributed by atoms with Crippen LogP contribution in [0.5, 0.6) is 0 Å². The molecule has 1 fully saturated rings. The average Bonchev–Trinajstić information content (AvgIpc) is 3.08. The third kappa shape index (κ3) is 7.43. The number of alkyl halides is 3. The van der Waals surface area contributed by atoms with Crippen LogP contribution in [0.2, 0.25) is 0 Å². The third-order valence-corrected chi connectivity index (χ3v) is 7.37. The zero-order valence-electron chi connectivity index (χ0n) is 22.5. The van der Waals surface area contributed by atoms with Crippen molar-refractivity contribution in [3.63, 3.8) is 0 Å². The van der Waals surface area contributed by atoms with Crippen LogP contribution >= 0.6 is 11.3 Å². The highest BCUT2D eigenvalue weighted by Crippen LogP contribution is 2.33. The molecule has 2 amide bonds. The molecule has 1 aliphatic rings. The van der Waals surface area contributed by atoms with Crippen molar-refractivity contribution in [3.05, 3.63) is 43.6 Å². The van der Waals surface area contributed by atoms with Crippen LogP contribution in [0.1, 0.15) is 69.9 Å². The van der Waals surface area contributed by atoms with Crippen LogP contribution in [0.25, 0.3) is 10.2 Å². The van der Waals surface area contributed by atoms with Crippen LogP contribution in [0, 0.1) is 6.92 Å². The lowest BCUT2D eigenvalue weighted by molar-refractivity contribution is -0.136. The first kappa shape index (κ1) is 30.3. The van der Waals surface area contributed by atoms with E-state index in [-0.39, 0.29) is 22.8 Å². The Morgan fingerprint density at radius 3 is 2.41 bits per heavy atom. The molecule has 2 heterocycles. The number of nitrogens with zero attached hydrogens (tertiary/aromatic N) is 3. The van der Waals surface area contributed by atoms with E-state index in [2.05, 4.69) is 5.43 Å². The number of carbonyl (C=O) groups excluding carboxylic acids is 2. The highest BCUT2D eigenvalue weighted by atomic mass is 32.1. The minimum atomic E-state index is -4.51. The van der Waals surface area contributed by atoms with Crippen molar-refractivity contribution in [1.29, 1.82) is 0 Å². The van der Waals surface area contributed by atoms with Gasteiger partial charge in [-0.15, -0.1) is 11.3 Å². The summed E-state index contributed by atoms with van der Waals surface area (Å²) >= 11 is 0.931. The van der Waals surface area contributed by atoms with E-state index in [9.17, 15) is 32.3 Å². The monoisotopic (exact) mass is 574 g/mol. The molecule has 1 saturated carbocycles. The first-order valence-electron chi connectivity index (χ1n) is 12.6. The number of aryl methyl sites for hydroxylation is 2. The molecule has 0 aliphatic heterocycles. The van der Waals surface area contributed by atoms with Gasteiger partial charge in [0, 0.05) is 23.5 Å². The van der Waals surface area contributed by atoms with Crippen molar-refractivity contribution in [2.24, 2.45) is 0 Å². The van der Waals surface area contributed by atoms with Gasteiger partial charge >= 0.3 is 18.0 Å². The zero-order valence-corrected chi connectivity index (χ0v) is 23.3. The second kappa shape index (κ2) is 11.8. The van der Waals surface area contributed by atoms with Crippen molar-refractivity contribution < 1.29 is 32.2 Å². The van der Waals surface area contributed by atoms with E-state index < -0.39 is 48.0 Å². The van der Waals surface area contributed by atoms with E-state index in [0.717, 1.165) is 44.2 Å². The van der Waals surface area contributed by atoms with Gasteiger partial charge in [0.1, 0.15) is 10.4 Å². The molecule has 1 aliphatic carbocycles. The predicted octanol–water partition coefficient (Wildman–Crippen LogP) is 4.53.